The van der Waals surface area contributed by atoms with E-state index in [-0.39, 0.29) is 31.9 Å². The highest BCUT2D eigenvalue weighted by Crippen LogP contribution is 2.34. The number of hydrogen-bond acceptors (Lipinski definition) is 13. The van der Waals surface area contributed by atoms with Crippen molar-refractivity contribution in [3.63, 3.8) is 0 Å². The molecule has 0 saturated carbocycles. The molecule has 0 bridgehead atoms. The normalized spacial score (nSPS) is 20.5. The number of primary amides is 1. The average molecular weight is 811 g/mol. The SMILES string of the molecule is COc1ccc(CC(=O)NCc2cn([C@H]3[C@H](O[C@H](C)C(=O)N[C@@H](C)C(=O)N[C@H](CCC(=O)O)C(N)=O)[C@@H](NC(C)=O)[C@H](OCc4ccccc4)O[C@@H]3CO)nn2)cc1. The van der Waals surface area contributed by atoms with Crippen molar-refractivity contribution < 1.29 is 57.9 Å². The van der Waals surface area contributed by atoms with Gasteiger partial charge in [0.05, 0.1) is 39.5 Å². The Bertz CT molecular complexity index is 1860. The molecule has 1 aromatic heterocycles. The number of carbonyl (C=O) groups is 6. The summed E-state index contributed by atoms with van der Waals surface area (Å²) in [5.41, 5.74) is 7.21. The Balaban J connectivity index is 1.56. The minimum absolute atomic E-state index is 0.0124. The number of nitrogens with two attached hydrogens (primary N) is 1. The van der Waals surface area contributed by atoms with E-state index in [9.17, 15) is 33.9 Å². The van der Waals surface area contributed by atoms with Crippen molar-refractivity contribution >= 4 is 35.5 Å². The predicted octanol–water partition coefficient (Wildman–Crippen LogP) is -0.761. The molecule has 0 aliphatic carbocycles. The number of hydrogen-bond donors (Lipinski definition) is 7. The number of benzene rings is 2. The summed E-state index contributed by atoms with van der Waals surface area (Å²) in [5.74, 6) is -3.86. The highest BCUT2D eigenvalue weighted by atomic mass is 16.7. The molecule has 314 valence electrons. The molecule has 2 aromatic carbocycles. The number of carbonyl (C=O) groups excluding carboxylic acids is 5. The first-order valence-corrected chi connectivity index (χ1v) is 18.5. The molecule has 0 unspecified atom stereocenters. The number of amides is 5. The van der Waals surface area contributed by atoms with Gasteiger partial charge in [-0.1, -0.05) is 47.7 Å². The lowest BCUT2D eigenvalue weighted by molar-refractivity contribution is -0.268. The first-order valence-electron chi connectivity index (χ1n) is 18.5. The molecule has 8 N–H and O–H groups in total. The quantitative estimate of drug-likeness (QED) is 0.0697. The Labute approximate surface area is 334 Å². The molecule has 0 radical (unpaired) electrons. The molecule has 1 saturated heterocycles. The fourth-order valence-corrected chi connectivity index (χ4v) is 6.10. The number of aliphatic hydroxyl groups excluding tert-OH is 1. The lowest BCUT2D eigenvalue weighted by Gasteiger charge is -2.46. The maximum absolute atomic E-state index is 13.5. The monoisotopic (exact) mass is 810 g/mol. The number of rotatable bonds is 21. The molecular weight excluding hydrogens is 760 g/mol. The van der Waals surface area contributed by atoms with E-state index >= 15 is 0 Å². The van der Waals surface area contributed by atoms with E-state index in [0.717, 1.165) is 11.1 Å². The molecule has 1 aliphatic rings. The van der Waals surface area contributed by atoms with Crippen LogP contribution in [0.2, 0.25) is 0 Å². The van der Waals surface area contributed by atoms with Crippen molar-refractivity contribution in [2.45, 2.75) is 102 Å². The minimum Gasteiger partial charge on any atom is -0.497 e. The third kappa shape index (κ3) is 13.0. The van der Waals surface area contributed by atoms with E-state index in [2.05, 4.69) is 31.6 Å². The first-order chi connectivity index (χ1) is 27.7. The maximum atomic E-state index is 13.5. The summed E-state index contributed by atoms with van der Waals surface area (Å²) in [6.45, 7) is 3.46. The summed E-state index contributed by atoms with van der Waals surface area (Å²) < 4.78 is 25.2. The van der Waals surface area contributed by atoms with Gasteiger partial charge in [0.15, 0.2) is 6.29 Å². The molecule has 3 aromatic rings. The summed E-state index contributed by atoms with van der Waals surface area (Å²) in [5, 5.41) is 38.5. The Kier molecular flexibility index (Phi) is 16.6. The van der Waals surface area contributed by atoms with Crippen LogP contribution in [0, 0.1) is 0 Å². The lowest BCUT2D eigenvalue weighted by Crippen LogP contribution is -2.64. The third-order valence-corrected chi connectivity index (χ3v) is 9.12. The molecular formula is C38H50N8O12. The zero-order valence-corrected chi connectivity index (χ0v) is 32.5. The topological polar surface area (TPSA) is 285 Å². The Hall–Kier alpha value is -5.96. The van der Waals surface area contributed by atoms with E-state index in [1.807, 2.05) is 30.3 Å². The van der Waals surface area contributed by atoms with Crippen LogP contribution in [0.25, 0.3) is 0 Å². The van der Waals surface area contributed by atoms with Crippen molar-refractivity contribution in [3.8, 4) is 5.75 Å². The van der Waals surface area contributed by atoms with Gasteiger partial charge >= 0.3 is 5.97 Å². The maximum Gasteiger partial charge on any atom is 0.303 e. The highest BCUT2D eigenvalue weighted by Gasteiger charge is 2.50. The van der Waals surface area contributed by atoms with Crippen molar-refractivity contribution in [1.29, 1.82) is 0 Å². The largest absolute Gasteiger partial charge is 0.497 e. The molecule has 1 fully saturated rings. The van der Waals surface area contributed by atoms with Crippen LogP contribution in [0.5, 0.6) is 5.75 Å². The van der Waals surface area contributed by atoms with Gasteiger partial charge in [0, 0.05) is 13.3 Å². The van der Waals surface area contributed by atoms with Crippen molar-refractivity contribution in [3.05, 3.63) is 77.6 Å². The van der Waals surface area contributed by atoms with Gasteiger partial charge in [-0.05, 0) is 43.5 Å². The summed E-state index contributed by atoms with van der Waals surface area (Å²) >= 11 is 0. The number of aromatic nitrogens is 3. The van der Waals surface area contributed by atoms with Crippen molar-refractivity contribution in [2.24, 2.45) is 5.73 Å². The van der Waals surface area contributed by atoms with E-state index in [0.29, 0.717) is 11.4 Å². The predicted molar refractivity (Wildman–Crippen MR) is 202 cm³/mol. The van der Waals surface area contributed by atoms with E-state index in [4.69, 9.17) is 29.8 Å². The third-order valence-electron chi connectivity index (χ3n) is 9.12. The molecule has 20 heteroatoms. The number of aliphatic carboxylic acids is 1. The van der Waals surface area contributed by atoms with Crippen LogP contribution in [-0.4, -0.2) is 117 Å². The standard InChI is InChI=1S/C38H50N8O12/c1-21(36(53)43-28(35(39)52)14-15-31(50)51)41-37(54)22(2)57-34-32(42-23(3)48)38(56-20-25-8-6-5-7-9-25)58-29(19-47)33(34)46-18-26(44-45-46)17-40-30(49)16-24-10-12-27(55-4)13-11-24/h5-13,18,21-22,28-29,32-34,38,47H,14-17,19-20H2,1-4H3,(H2,39,52)(H,40,49)(H,41,54)(H,42,48)(H,43,53)(H,50,51)/t21-,22+,28+,29+,32+,33+,34+,38+/m0/s1. The minimum atomic E-state index is -1.33. The van der Waals surface area contributed by atoms with E-state index in [1.165, 1.54) is 31.6 Å². The van der Waals surface area contributed by atoms with E-state index in [1.54, 1.807) is 31.4 Å². The zero-order valence-electron chi connectivity index (χ0n) is 32.5. The molecule has 2 heterocycles. The van der Waals surface area contributed by atoms with Gasteiger partial charge < -0.3 is 56.2 Å². The number of nitrogens with zero attached hydrogens (tertiary/aromatic N) is 3. The molecule has 58 heavy (non-hydrogen) atoms. The van der Waals surface area contributed by atoms with Crippen LogP contribution in [0.15, 0.2) is 60.8 Å². The molecule has 1 aliphatic heterocycles. The first kappa shape index (κ1) is 44.8. The number of aliphatic hydroxyl groups is 1. The summed E-state index contributed by atoms with van der Waals surface area (Å²) in [7, 11) is 1.55. The molecule has 20 nitrogen and oxygen atoms in total. The van der Waals surface area contributed by atoms with Gasteiger partial charge in [0.1, 0.15) is 53.9 Å². The number of carboxylic acid groups (broad SMARTS) is 1. The van der Waals surface area contributed by atoms with Crippen LogP contribution in [0.4, 0.5) is 0 Å². The van der Waals surface area contributed by atoms with Gasteiger partial charge in [-0.3, -0.25) is 28.8 Å². The second-order valence-electron chi connectivity index (χ2n) is 13.6. The van der Waals surface area contributed by atoms with Crippen molar-refractivity contribution in [1.82, 2.24) is 36.3 Å². The van der Waals surface area contributed by atoms with Crippen LogP contribution >= 0.6 is 0 Å². The zero-order chi connectivity index (χ0) is 42.4. The number of ether oxygens (including phenoxy) is 4. The Morgan fingerprint density at radius 3 is 2.31 bits per heavy atom. The molecule has 4 rings (SSSR count). The van der Waals surface area contributed by atoms with Crippen LogP contribution in [0.3, 0.4) is 0 Å². The fraction of sp³-hybridized carbons (Fsp3) is 0.474. The number of carboxylic acids is 1. The Morgan fingerprint density at radius 1 is 0.983 bits per heavy atom. The summed E-state index contributed by atoms with van der Waals surface area (Å²) in [6.07, 6.45) is -3.92. The fourth-order valence-electron chi connectivity index (χ4n) is 6.10. The van der Waals surface area contributed by atoms with Gasteiger partial charge in [0.2, 0.25) is 29.5 Å². The summed E-state index contributed by atoms with van der Waals surface area (Å²) in [4.78, 5) is 74.7. The molecule has 5 amide bonds. The van der Waals surface area contributed by atoms with E-state index < -0.39 is 91.4 Å². The summed E-state index contributed by atoms with van der Waals surface area (Å²) in [6, 6.07) is 11.5. The number of methoxy groups -OCH3 is 1. The van der Waals surface area contributed by atoms with Crippen molar-refractivity contribution in [2.75, 3.05) is 13.7 Å². The van der Waals surface area contributed by atoms with Crippen LogP contribution < -0.4 is 31.7 Å². The average Bonchev–Trinajstić information content (AvgIpc) is 3.67. The van der Waals surface area contributed by atoms with Gasteiger partial charge in [-0.25, -0.2) is 4.68 Å². The second kappa shape index (κ2) is 21.5. The lowest BCUT2D eigenvalue weighted by atomic mass is 9.93. The smallest absolute Gasteiger partial charge is 0.303 e. The molecule has 8 atom stereocenters. The van der Waals surface area contributed by atoms with Crippen LogP contribution in [0.1, 0.15) is 56.5 Å². The Morgan fingerprint density at radius 2 is 1.69 bits per heavy atom. The molecule has 0 spiro atoms. The highest BCUT2D eigenvalue weighted by molar-refractivity contribution is 5.92. The van der Waals surface area contributed by atoms with Gasteiger partial charge in [0.25, 0.3) is 0 Å². The number of nitrogens with one attached hydrogen (secondary N) is 4. The van der Waals surface area contributed by atoms with Crippen LogP contribution in [-0.2, 0) is 62.6 Å². The van der Waals surface area contributed by atoms with Gasteiger partial charge in [-0.2, -0.15) is 0 Å². The second-order valence-corrected chi connectivity index (χ2v) is 13.6. The van der Waals surface area contributed by atoms with Gasteiger partial charge in [-0.15, -0.1) is 5.10 Å².